The predicted octanol–water partition coefficient (Wildman–Crippen LogP) is 4.40. The first kappa shape index (κ1) is 17.3. The smallest absolute Gasteiger partial charge is 0.209 e. The van der Waals surface area contributed by atoms with E-state index in [0.29, 0.717) is 0 Å². The molecular weight excluding hydrogens is 282 g/mol. The summed E-state index contributed by atoms with van der Waals surface area (Å²) < 4.78 is 0. The van der Waals surface area contributed by atoms with Crippen molar-refractivity contribution < 1.29 is 4.79 Å². The van der Waals surface area contributed by atoms with Crippen LogP contribution in [0.25, 0.3) is 0 Å². The first-order chi connectivity index (χ1) is 10.8. The lowest BCUT2D eigenvalue weighted by molar-refractivity contribution is -0.121. The molecule has 0 aromatic heterocycles. The normalized spacial score (nSPS) is 12.3. The van der Waals surface area contributed by atoms with E-state index in [-0.39, 0.29) is 16.9 Å². The zero-order chi connectivity index (χ0) is 17.1. The van der Waals surface area contributed by atoms with Gasteiger partial charge in [-0.25, -0.2) is 0 Å². The van der Waals surface area contributed by atoms with Crippen molar-refractivity contribution in [1.82, 2.24) is 4.90 Å². The van der Waals surface area contributed by atoms with Crippen LogP contribution >= 0.6 is 0 Å². The average molecular weight is 309 g/mol. The lowest BCUT2D eigenvalue weighted by Gasteiger charge is -2.48. The topological polar surface area (TPSA) is 20.3 Å². The number of nitrogens with zero attached hydrogens (tertiary/aromatic N) is 1. The Bertz CT molecular complexity index is 580. The van der Waals surface area contributed by atoms with Gasteiger partial charge in [-0.05, 0) is 11.1 Å². The molecule has 0 heterocycles. The van der Waals surface area contributed by atoms with E-state index in [9.17, 15) is 4.79 Å². The maximum Gasteiger partial charge on any atom is 0.209 e. The molecule has 2 aromatic rings. The highest BCUT2D eigenvalue weighted by Gasteiger charge is 2.44. The van der Waals surface area contributed by atoms with Crippen molar-refractivity contribution in [2.24, 2.45) is 0 Å². The summed E-state index contributed by atoms with van der Waals surface area (Å²) in [5.74, 6) is 0. The molecule has 0 bridgehead atoms. The summed E-state index contributed by atoms with van der Waals surface area (Å²) in [5, 5.41) is 0. The van der Waals surface area contributed by atoms with Gasteiger partial charge in [0.15, 0.2) is 0 Å². The summed E-state index contributed by atoms with van der Waals surface area (Å²) in [5.41, 5.74) is 2.11. The minimum atomic E-state index is -0.184. The summed E-state index contributed by atoms with van der Waals surface area (Å²) in [6.07, 6.45) is 0.944. The maximum absolute atomic E-state index is 11.6. The molecule has 0 saturated carbocycles. The zero-order valence-electron chi connectivity index (χ0n) is 14.8. The summed E-state index contributed by atoms with van der Waals surface area (Å²) >= 11 is 0. The van der Waals surface area contributed by atoms with Gasteiger partial charge in [-0.1, -0.05) is 88.4 Å². The highest BCUT2D eigenvalue weighted by molar-refractivity contribution is 5.50. The number of likely N-dealkylation sites (N-methyl/N-ethyl adjacent to an activating group) is 1. The van der Waals surface area contributed by atoms with Gasteiger partial charge >= 0.3 is 0 Å². The quantitative estimate of drug-likeness (QED) is 0.724. The Hall–Kier alpha value is -2.09. The molecule has 0 fully saturated rings. The predicted molar refractivity (Wildman–Crippen MR) is 96.6 cm³/mol. The van der Waals surface area contributed by atoms with Crippen LogP contribution in [0.2, 0.25) is 0 Å². The molecule has 0 radical (unpaired) electrons. The second kappa shape index (κ2) is 6.57. The summed E-state index contributed by atoms with van der Waals surface area (Å²) in [7, 11) is 1.88. The number of carbonyl (C=O) groups excluding carboxylic acids is 1. The third kappa shape index (κ3) is 3.31. The molecule has 122 valence electrons. The Morgan fingerprint density at radius 3 is 1.43 bits per heavy atom. The SMILES string of the molecule is CN(C=O)C(C(C)(C)c1ccccc1)C(C)(C)c1ccccc1. The number of amides is 1. The van der Waals surface area contributed by atoms with Gasteiger partial charge in [-0.2, -0.15) is 0 Å². The van der Waals surface area contributed by atoms with E-state index in [0.717, 1.165) is 6.41 Å². The van der Waals surface area contributed by atoms with E-state index in [1.165, 1.54) is 11.1 Å². The molecule has 2 heteroatoms. The minimum absolute atomic E-state index is 0.0253. The van der Waals surface area contributed by atoms with Crippen LogP contribution in [0.5, 0.6) is 0 Å². The zero-order valence-corrected chi connectivity index (χ0v) is 14.8. The van der Waals surface area contributed by atoms with Gasteiger partial charge in [0.25, 0.3) is 0 Å². The van der Waals surface area contributed by atoms with Crippen LogP contribution in [0, 0.1) is 0 Å². The molecule has 0 atom stereocenters. The van der Waals surface area contributed by atoms with E-state index in [4.69, 9.17) is 0 Å². The fourth-order valence-electron chi connectivity index (χ4n) is 4.03. The van der Waals surface area contributed by atoms with Crippen molar-refractivity contribution in [3.63, 3.8) is 0 Å². The summed E-state index contributed by atoms with van der Waals surface area (Å²) in [6, 6.07) is 20.9. The van der Waals surface area contributed by atoms with Gasteiger partial charge in [-0.15, -0.1) is 0 Å². The lowest BCUT2D eigenvalue weighted by Crippen LogP contribution is -2.55. The molecular formula is C21H27NO. The molecule has 0 unspecified atom stereocenters. The van der Waals surface area contributed by atoms with Crippen molar-refractivity contribution in [1.29, 1.82) is 0 Å². The monoisotopic (exact) mass is 309 g/mol. The molecule has 1 amide bonds. The van der Waals surface area contributed by atoms with Crippen molar-refractivity contribution in [3.8, 4) is 0 Å². The van der Waals surface area contributed by atoms with E-state index < -0.39 is 0 Å². The van der Waals surface area contributed by atoms with E-state index in [1.54, 1.807) is 0 Å². The molecule has 0 aliphatic rings. The fraction of sp³-hybridized carbons (Fsp3) is 0.381. The second-order valence-corrected chi connectivity index (χ2v) is 7.35. The van der Waals surface area contributed by atoms with Gasteiger partial charge in [0.2, 0.25) is 6.41 Å². The largest absolute Gasteiger partial charge is 0.344 e. The second-order valence-electron chi connectivity index (χ2n) is 7.35. The third-order valence-corrected chi connectivity index (χ3v) is 4.98. The van der Waals surface area contributed by atoms with Gasteiger partial charge in [0, 0.05) is 23.9 Å². The average Bonchev–Trinajstić information content (AvgIpc) is 2.56. The molecule has 0 saturated heterocycles. The van der Waals surface area contributed by atoms with E-state index in [2.05, 4.69) is 76.2 Å². The van der Waals surface area contributed by atoms with Crippen LogP contribution in [0.4, 0.5) is 0 Å². The van der Waals surface area contributed by atoms with Gasteiger partial charge in [-0.3, -0.25) is 4.79 Å². The number of hydrogen-bond donors (Lipinski definition) is 0. The van der Waals surface area contributed by atoms with Crippen LogP contribution in [0.1, 0.15) is 38.8 Å². The highest BCUT2D eigenvalue weighted by atomic mass is 16.1. The first-order valence-corrected chi connectivity index (χ1v) is 8.10. The van der Waals surface area contributed by atoms with Crippen LogP contribution in [-0.2, 0) is 15.6 Å². The Balaban J connectivity index is 2.56. The molecule has 23 heavy (non-hydrogen) atoms. The van der Waals surface area contributed by atoms with Crippen LogP contribution in [-0.4, -0.2) is 24.4 Å². The van der Waals surface area contributed by atoms with Gasteiger partial charge in [0.05, 0.1) is 0 Å². The number of hydrogen-bond acceptors (Lipinski definition) is 1. The highest BCUT2D eigenvalue weighted by Crippen LogP contribution is 2.41. The summed E-state index contributed by atoms with van der Waals surface area (Å²) in [6.45, 7) is 8.88. The number of rotatable bonds is 6. The molecule has 2 rings (SSSR count). The molecule has 0 aliphatic heterocycles. The van der Waals surface area contributed by atoms with Crippen molar-refractivity contribution >= 4 is 6.41 Å². The van der Waals surface area contributed by atoms with Crippen molar-refractivity contribution in [2.45, 2.75) is 44.6 Å². The van der Waals surface area contributed by atoms with Crippen LogP contribution in [0.3, 0.4) is 0 Å². The van der Waals surface area contributed by atoms with Gasteiger partial charge in [0.1, 0.15) is 0 Å². The number of benzene rings is 2. The van der Waals surface area contributed by atoms with E-state index >= 15 is 0 Å². The Labute approximate surface area is 140 Å². The Morgan fingerprint density at radius 1 is 0.783 bits per heavy atom. The summed E-state index contributed by atoms with van der Waals surface area (Å²) in [4.78, 5) is 13.4. The van der Waals surface area contributed by atoms with Crippen molar-refractivity contribution in [3.05, 3.63) is 71.8 Å². The van der Waals surface area contributed by atoms with Crippen LogP contribution < -0.4 is 0 Å². The molecule has 2 nitrogen and oxygen atoms in total. The maximum atomic E-state index is 11.6. The number of carbonyl (C=O) groups is 1. The van der Waals surface area contributed by atoms with Gasteiger partial charge < -0.3 is 4.90 Å². The minimum Gasteiger partial charge on any atom is -0.344 e. The lowest BCUT2D eigenvalue weighted by atomic mass is 9.63. The Kier molecular flexibility index (Phi) is 4.93. The van der Waals surface area contributed by atoms with Crippen LogP contribution in [0.15, 0.2) is 60.7 Å². The molecule has 0 N–H and O–H groups in total. The first-order valence-electron chi connectivity index (χ1n) is 8.10. The Morgan fingerprint density at radius 2 is 1.13 bits per heavy atom. The fourth-order valence-corrected chi connectivity index (χ4v) is 4.03. The van der Waals surface area contributed by atoms with Crippen molar-refractivity contribution in [2.75, 3.05) is 7.05 Å². The molecule has 0 aliphatic carbocycles. The third-order valence-electron chi connectivity index (χ3n) is 4.98. The van der Waals surface area contributed by atoms with E-state index in [1.807, 2.05) is 24.1 Å². The standard InChI is InChI=1S/C21H27NO/c1-20(2,17-12-8-6-9-13-17)19(22(5)16-23)21(3,4)18-14-10-7-11-15-18/h6-16,19H,1-5H3. The molecule has 0 spiro atoms. The molecule has 2 aromatic carbocycles.